The van der Waals surface area contributed by atoms with Crippen LogP contribution in [-0.4, -0.2) is 31.8 Å². The molecule has 0 fully saturated rings. The second-order valence-electron chi connectivity index (χ2n) is 8.67. The van der Waals surface area contributed by atoms with Gasteiger partial charge in [-0.15, -0.1) is 0 Å². The minimum Gasteiger partial charge on any atom is -0.508 e. The van der Waals surface area contributed by atoms with Crippen molar-refractivity contribution in [2.24, 2.45) is 0 Å². The van der Waals surface area contributed by atoms with E-state index in [-0.39, 0.29) is 23.3 Å². The highest BCUT2D eigenvalue weighted by Crippen LogP contribution is 2.38. The van der Waals surface area contributed by atoms with Crippen LogP contribution in [0.5, 0.6) is 17.5 Å². The number of ether oxygens (including phenoxy) is 1. The largest absolute Gasteiger partial charge is 0.508 e. The summed E-state index contributed by atoms with van der Waals surface area (Å²) >= 11 is 0. The first kappa shape index (κ1) is 21.8. The number of aromatic nitrogens is 3. The van der Waals surface area contributed by atoms with Gasteiger partial charge in [0.25, 0.3) is 0 Å². The molecule has 0 radical (unpaired) electrons. The lowest BCUT2D eigenvalue weighted by Gasteiger charge is -2.14. The lowest BCUT2D eigenvalue weighted by Crippen LogP contribution is -2.04. The Morgan fingerprint density at radius 1 is 0.639 bits per heavy atom. The molecule has 6 rings (SSSR count). The molecule has 6 heteroatoms. The highest BCUT2D eigenvalue weighted by Gasteiger charge is 2.18. The van der Waals surface area contributed by atoms with Gasteiger partial charge in [-0.1, -0.05) is 67.6 Å². The Morgan fingerprint density at radius 2 is 1.33 bits per heavy atom. The highest BCUT2D eigenvalue weighted by molar-refractivity contribution is 6.20. The fourth-order valence-electron chi connectivity index (χ4n) is 4.61. The number of phenolic OH excluding ortho intramolecular Hbond substituents is 2. The van der Waals surface area contributed by atoms with Crippen molar-refractivity contribution in [2.75, 3.05) is 6.61 Å². The van der Waals surface area contributed by atoms with Gasteiger partial charge in [0.15, 0.2) is 11.6 Å². The number of rotatable bonds is 5. The first-order valence-corrected chi connectivity index (χ1v) is 11.9. The number of fused-ring (bicyclic) bond motifs is 5. The van der Waals surface area contributed by atoms with E-state index in [1.165, 1.54) is 12.1 Å². The van der Waals surface area contributed by atoms with Crippen molar-refractivity contribution in [3.63, 3.8) is 0 Å². The summed E-state index contributed by atoms with van der Waals surface area (Å²) in [6.45, 7) is 2.46. The lowest BCUT2D eigenvalue weighted by atomic mass is 9.93. The Balaban J connectivity index is 1.67. The van der Waals surface area contributed by atoms with E-state index >= 15 is 0 Å². The van der Waals surface area contributed by atoms with Gasteiger partial charge in [-0.2, -0.15) is 9.97 Å². The van der Waals surface area contributed by atoms with Crippen molar-refractivity contribution >= 4 is 32.3 Å². The zero-order valence-electron chi connectivity index (χ0n) is 19.6. The second kappa shape index (κ2) is 8.82. The molecule has 2 N–H and O–H groups in total. The van der Waals surface area contributed by atoms with Crippen LogP contribution < -0.4 is 4.74 Å². The molecule has 0 unspecified atom stereocenters. The van der Waals surface area contributed by atoms with Crippen molar-refractivity contribution in [1.29, 1.82) is 0 Å². The van der Waals surface area contributed by atoms with Crippen LogP contribution in [0.3, 0.4) is 0 Å². The fraction of sp³-hybridized carbons (Fsp3) is 0.100. The van der Waals surface area contributed by atoms with Crippen LogP contribution in [0.15, 0.2) is 84.9 Å². The molecule has 5 aromatic carbocycles. The van der Waals surface area contributed by atoms with E-state index < -0.39 is 0 Å². The molecule has 36 heavy (non-hydrogen) atoms. The molecule has 0 aliphatic carbocycles. The van der Waals surface area contributed by atoms with E-state index in [9.17, 15) is 10.2 Å². The van der Waals surface area contributed by atoms with E-state index in [1.807, 2.05) is 31.2 Å². The summed E-state index contributed by atoms with van der Waals surface area (Å²) in [6.07, 6.45) is 0.797. The molecule has 176 valence electrons. The smallest absolute Gasteiger partial charge is 0.320 e. The van der Waals surface area contributed by atoms with Crippen LogP contribution in [0.1, 0.15) is 13.3 Å². The molecule has 0 bridgehead atoms. The van der Waals surface area contributed by atoms with Gasteiger partial charge < -0.3 is 14.9 Å². The third kappa shape index (κ3) is 3.73. The highest BCUT2D eigenvalue weighted by atomic mass is 16.5. The summed E-state index contributed by atoms with van der Waals surface area (Å²) in [5.41, 5.74) is 1.23. The van der Waals surface area contributed by atoms with Gasteiger partial charge in [0, 0.05) is 11.6 Å². The topological polar surface area (TPSA) is 88.4 Å². The molecule has 6 aromatic rings. The minimum atomic E-state index is -0.122. The molecule has 0 spiro atoms. The molecule has 0 aliphatic heterocycles. The van der Waals surface area contributed by atoms with Gasteiger partial charge in [0.1, 0.15) is 11.5 Å². The molecule has 0 saturated heterocycles. The number of phenols is 2. The summed E-state index contributed by atoms with van der Waals surface area (Å²) in [7, 11) is 0. The summed E-state index contributed by atoms with van der Waals surface area (Å²) in [6, 6.07) is 27.5. The van der Waals surface area contributed by atoms with E-state index in [0.717, 1.165) is 44.3 Å². The third-order valence-corrected chi connectivity index (χ3v) is 6.28. The van der Waals surface area contributed by atoms with Crippen molar-refractivity contribution in [2.45, 2.75) is 13.3 Å². The number of benzene rings is 5. The first-order chi connectivity index (χ1) is 17.6. The van der Waals surface area contributed by atoms with Crippen molar-refractivity contribution in [3.8, 4) is 40.3 Å². The maximum Gasteiger partial charge on any atom is 0.320 e. The van der Waals surface area contributed by atoms with E-state index in [1.54, 1.807) is 6.07 Å². The molecule has 1 heterocycles. The molecule has 0 saturated carbocycles. The molecule has 6 nitrogen and oxygen atoms in total. The number of aromatic hydroxyl groups is 2. The van der Waals surface area contributed by atoms with Gasteiger partial charge in [0.05, 0.1) is 12.2 Å². The second-order valence-corrected chi connectivity index (χ2v) is 8.67. The summed E-state index contributed by atoms with van der Waals surface area (Å²) in [5, 5.41) is 26.9. The molecular weight excluding hydrogens is 450 g/mol. The maximum absolute atomic E-state index is 10.5. The Kier molecular flexibility index (Phi) is 5.34. The fourth-order valence-corrected chi connectivity index (χ4v) is 4.61. The molecule has 0 atom stereocenters. The number of hydrogen-bond acceptors (Lipinski definition) is 6. The number of hydrogen-bond donors (Lipinski definition) is 2. The van der Waals surface area contributed by atoms with Crippen LogP contribution in [-0.2, 0) is 0 Å². The summed E-state index contributed by atoms with van der Waals surface area (Å²) in [4.78, 5) is 13.9. The predicted molar refractivity (Wildman–Crippen MR) is 142 cm³/mol. The molecular formula is C30H23N3O3. The third-order valence-electron chi connectivity index (χ3n) is 6.28. The molecule has 0 amide bonds. The van der Waals surface area contributed by atoms with Crippen molar-refractivity contribution < 1.29 is 14.9 Å². The Morgan fingerprint density at radius 3 is 2.11 bits per heavy atom. The van der Waals surface area contributed by atoms with Gasteiger partial charge in [-0.25, -0.2) is 4.98 Å². The SMILES string of the molecule is CCCOc1nc(-c2ccc(O)cc2O)nc(-c2cc3c4ccccc4ccc3c3ccccc23)n1. The Labute approximate surface area is 207 Å². The van der Waals surface area contributed by atoms with Gasteiger partial charge >= 0.3 is 6.01 Å². The van der Waals surface area contributed by atoms with E-state index in [0.29, 0.717) is 18.0 Å². The molecule has 0 aliphatic rings. The average molecular weight is 474 g/mol. The van der Waals surface area contributed by atoms with Crippen LogP contribution >= 0.6 is 0 Å². The van der Waals surface area contributed by atoms with Crippen LogP contribution in [0.25, 0.3) is 55.1 Å². The minimum absolute atomic E-state index is 0.0413. The first-order valence-electron chi connectivity index (χ1n) is 11.9. The zero-order valence-corrected chi connectivity index (χ0v) is 19.6. The summed E-state index contributed by atoms with van der Waals surface area (Å²) < 4.78 is 5.82. The quantitative estimate of drug-likeness (QED) is 0.266. The predicted octanol–water partition coefficient (Wildman–Crippen LogP) is 6.87. The molecule has 1 aromatic heterocycles. The maximum atomic E-state index is 10.5. The monoisotopic (exact) mass is 473 g/mol. The van der Waals surface area contributed by atoms with Gasteiger partial charge in [-0.3, -0.25) is 0 Å². The Bertz CT molecular complexity index is 1760. The number of nitrogens with zero attached hydrogens (tertiary/aromatic N) is 3. The van der Waals surface area contributed by atoms with Crippen LogP contribution in [0.4, 0.5) is 0 Å². The van der Waals surface area contributed by atoms with Crippen LogP contribution in [0.2, 0.25) is 0 Å². The van der Waals surface area contributed by atoms with E-state index in [4.69, 9.17) is 9.72 Å². The Hall–Kier alpha value is -4.71. The van der Waals surface area contributed by atoms with Gasteiger partial charge in [-0.05, 0) is 56.9 Å². The summed E-state index contributed by atoms with van der Waals surface area (Å²) in [5.74, 6) is 0.554. The zero-order chi connectivity index (χ0) is 24.6. The van der Waals surface area contributed by atoms with Gasteiger partial charge in [0.2, 0.25) is 0 Å². The van der Waals surface area contributed by atoms with Crippen LogP contribution in [0, 0.1) is 0 Å². The average Bonchev–Trinajstić information content (AvgIpc) is 2.91. The van der Waals surface area contributed by atoms with E-state index in [2.05, 4.69) is 52.4 Å². The normalized spacial score (nSPS) is 11.4. The lowest BCUT2D eigenvalue weighted by molar-refractivity contribution is 0.292. The van der Waals surface area contributed by atoms with Crippen molar-refractivity contribution in [1.82, 2.24) is 15.0 Å². The standard InChI is InChI=1S/C30H23N3O3/c1-2-15-36-30-32-28(24-14-12-19(34)16-27(24)35)31-29(33-30)26-17-25-20-8-4-3-7-18(20)11-13-23(25)21-9-5-6-10-22(21)26/h3-14,16-17,34-35H,2,15H2,1H3. The van der Waals surface area contributed by atoms with Crippen molar-refractivity contribution in [3.05, 3.63) is 84.9 Å².